The molecule has 1 N–H and O–H groups in total. The number of carbonyl (C=O) groups is 1. The Labute approximate surface area is 183 Å². The third kappa shape index (κ3) is 4.00. The van der Waals surface area contributed by atoms with Crippen molar-refractivity contribution in [3.8, 4) is 11.5 Å². The van der Waals surface area contributed by atoms with Crippen LogP contribution in [0.25, 0.3) is 22.5 Å². The summed E-state index contributed by atoms with van der Waals surface area (Å²) in [7, 11) is 0. The Morgan fingerprint density at radius 2 is 2.00 bits per heavy atom. The summed E-state index contributed by atoms with van der Waals surface area (Å²) in [5.41, 5.74) is 2.42. The van der Waals surface area contributed by atoms with E-state index < -0.39 is 6.43 Å². The van der Waals surface area contributed by atoms with Crippen LogP contribution in [0, 0.1) is 13.8 Å². The number of fused-ring (bicyclic) bond motifs is 1. The molecule has 1 unspecified atom stereocenters. The summed E-state index contributed by atoms with van der Waals surface area (Å²) in [6, 6.07) is 4.34. The van der Waals surface area contributed by atoms with Crippen molar-refractivity contribution in [1.29, 1.82) is 0 Å². The molecule has 1 atom stereocenters. The fraction of sp³-hybridized carbons (Fsp3) is 0.364. The highest BCUT2D eigenvalue weighted by Gasteiger charge is 2.23. The van der Waals surface area contributed by atoms with E-state index in [0.717, 1.165) is 17.8 Å². The topological polar surface area (TPSA) is 90.8 Å². The second-order valence-corrected chi connectivity index (χ2v) is 7.63. The first-order valence-electron chi connectivity index (χ1n) is 10.3. The molecular formula is C22H24F2N6O2. The minimum Gasteiger partial charge on any atom is -0.463 e. The maximum absolute atomic E-state index is 13.8. The number of nitrogens with zero attached hydrogens (tertiary/aromatic N) is 5. The SMILES string of the molecule is CCn1cc(C(C)NC(=O)Cn2nc(C)c3c(C(F)F)cc(-c4ccco4)nc32)c(C)n1. The molecule has 1 amide bonds. The number of pyridine rings is 1. The van der Waals surface area contributed by atoms with E-state index in [9.17, 15) is 13.6 Å². The van der Waals surface area contributed by atoms with Crippen molar-refractivity contribution < 1.29 is 18.0 Å². The van der Waals surface area contributed by atoms with Gasteiger partial charge < -0.3 is 9.73 Å². The van der Waals surface area contributed by atoms with Crippen LogP contribution in [0.2, 0.25) is 0 Å². The van der Waals surface area contributed by atoms with Crippen molar-refractivity contribution in [3.05, 3.63) is 53.2 Å². The highest BCUT2D eigenvalue weighted by molar-refractivity contribution is 5.86. The lowest BCUT2D eigenvalue weighted by Gasteiger charge is -2.13. The predicted octanol–water partition coefficient (Wildman–Crippen LogP) is 4.34. The number of carbonyl (C=O) groups excluding carboxylic acids is 1. The molecule has 0 saturated heterocycles. The molecule has 4 aromatic heterocycles. The summed E-state index contributed by atoms with van der Waals surface area (Å²) >= 11 is 0. The fourth-order valence-corrected chi connectivity index (χ4v) is 3.84. The van der Waals surface area contributed by atoms with E-state index in [4.69, 9.17) is 4.42 Å². The summed E-state index contributed by atoms with van der Waals surface area (Å²) in [5.74, 6) is 0.0510. The second kappa shape index (κ2) is 8.52. The molecule has 0 aromatic carbocycles. The number of hydrogen-bond donors (Lipinski definition) is 1. The van der Waals surface area contributed by atoms with Crippen molar-refractivity contribution in [2.45, 2.75) is 53.3 Å². The van der Waals surface area contributed by atoms with Gasteiger partial charge in [0.25, 0.3) is 6.43 Å². The lowest BCUT2D eigenvalue weighted by Crippen LogP contribution is -2.30. The maximum atomic E-state index is 13.8. The van der Waals surface area contributed by atoms with Gasteiger partial charge in [-0.05, 0) is 45.9 Å². The van der Waals surface area contributed by atoms with Gasteiger partial charge in [0.1, 0.15) is 12.2 Å². The van der Waals surface area contributed by atoms with E-state index in [1.807, 2.05) is 31.6 Å². The number of rotatable bonds is 7. The molecule has 0 spiro atoms. The van der Waals surface area contributed by atoms with Gasteiger partial charge in [0.15, 0.2) is 11.4 Å². The van der Waals surface area contributed by atoms with Crippen LogP contribution in [0.3, 0.4) is 0 Å². The Balaban J connectivity index is 1.65. The van der Waals surface area contributed by atoms with E-state index in [-0.39, 0.29) is 40.8 Å². The van der Waals surface area contributed by atoms with Crippen molar-refractivity contribution in [2.75, 3.05) is 0 Å². The van der Waals surface area contributed by atoms with E-state index in [0.29, 0.717) is 11.5 Å². The van der Waals surface area contributed by atoms with Gasteiger partial charge in [0.05, 0.1) is 29.1 Å². The molecule has 0 bridgehead atoms. The molecule has 0 aliphatic carbocycles. The van der Waals surface area contributed by atoms with E-state index >= 15 is 0 Å². The Kier molecular flexibility index (Phi) is 5.77. The molecular weight excluding hydrogens is 418 g/mol. The lowest BCUT2D eigenvalue weighted by atomic mass is 10.1. The average Bonchev–Trinajstić information content (AvgIpc) is 3.47. The van der Waals surface area contributed by atoms with Gasteiger partial charge in [0.2, 0.25) is 5.91 Å². The van der Waals surface area contributed by atoms with Crippen LogP contribution >= 0.6 is 0 Å². The van der Waals surface area contributed by atoms with Crippen LogP contribution in [-0.4, -0.2) is 30.5 Å². The Bertz CT molecular complexity index is 1260. The maximum Gasteiger partial charge on any atom is 0.264 e. The summed E-state index contributed by atoms with van der Waals surface area (Å²) < 4.78 is 36.1. The number of hydrogen-bond acceptors (Lipinski definition) is 5. The second-order valence-electron chi connectivity index (χ2n) is 7.63. The summed E-state index contributed by atoms with van der Waals surface area (Å²) in [6.45, 7) is 7.95. The van der Waals surface area contributed by atoms with E-state index in [1.165, 1.54) is 17.0 Å². The smallest absolute Gasteiger partial charge is 0.264 e. The van der Waals surface area contributed by atoms with Crippen LogP contribution in [0.5, 0.6) is 0 Å². The molecule has 0 aliphatic heterocycles. The van der Waals surface area contributed by atoms with Gasteiger partial charge in [0, 0.05) is 23.9 Å². The normalized spacial score (nSPS) is 12.6. The minimum atomic E-state index is -2.72. The van der Waals surface area contributed by atoms with Crippen LogP contribution in [0.15, 0.2) is 35.1 Å². The van der Waals surface area contributed by atoms with Crippen molar-refractivity contribution in [2.24, 2.45) is 0 Å². The fourth-order valence-electron chi connectivity index (χ4n) is 3.84. The first-order valence-corrected chi connectivity index (χ1v) is 10.3. The van der Waals surface area contributed by atoms with Gasteiger partial charge in [-0.25, -0.2) is 18.4 Å². The zero-order valence-electron chi connectivity index (χ0n) is 18.3. The molecule has 8 nitrogen and oxygen atoms in total. The zero-order valence-corrected chi connectivity index (χ0v) is 18.3. The summed E-state index contributed by atoms with van der Waals surface area (Å²) in [4.78, 5) is 17.3. The number of aromatic nitrogens is 5. The highest BCUT2D eigenvalue weighted by Crippen LogP contribution is 2.33. The van der Waals surface area contributed by atoms with E-state index in [1.54, 1.807) is 19.1 Å². The van der Waals surface area contributed by atoms with Gasteiger partial charge in [-0.15, -0.1) is 0 Å². The van der Waals surface area contributed by atoms with Crippen LogP contribution in [-0.2, 0) is 17.9 Å². The van der Waals surface area contributed by atoms with Crippen molar-refractivity contribution in [1.82, 2.24) is 29.9 Å². The average molecular weight is 442 g/mol. The third-order valence-electron chi connectivity index (χ3n) is 5.36. The van der Waals surface area contributed by atoms with Crippen molar-refractivity contribution in [3.63, 3.8) is 0 Å². The third-order valence-corrected chi connectivity index (χ3v) is 5.36. The highest BCUT2D eigenvalue weighted by atomic mass is 19.3. The number of nitrogens with one attached hydrogen (secondary N) is 1. The largest absolute Gasteiger partial charge is 0.463 e. The zero-order chi connectivity index (χ0) is 23.0. The minimum absolute atomic E-state index is 0.160. The molecule has 168 valence electrons. The molecule has 0 fully saturated rings. The predicted molar refractivity (Wildman–Crippen MR) is 114 cm³/mol. The van der Waals surface area contributed by atoms with Crippen LogP contribution < -0.4 is 5.32 Å². The van der Waals surface area contributed by atoms with Gasteiger partial charge in [-0.1, -0.05) is 0 Å². The number of aryl methyl sites for hydroxylation is 3. The molecule has 4 heterocycles. The molecule has 0 saturated carbocycles. The number of furan rings is 1. The standard InChI is InChI=1S/C22H24F2N6O2/c1-5-29-10-16(13(3)27-29)12(2)25-19(31)11-30-22-20(14(4)28-30)15(21(23)24)9-17(26-22)18-7-6-8-32-18/h6-10,12,21H,5,11H2,1-4H3,(H,25,31). The quantitative estimate of drug-likeness (QED) is 0.460. The molecule has 4 aromatic rings. The summed E-state index contributed by atoms with van der Waals surface area (Å²) in [6.07, 6.45) is 0.626. The first kappa shape index (κ1) is 21.7. The van der Waals surface area contributed by atoms with Gasteiger partial charge in [-0.2, -0.15) is 10.2 Å². The molecule has 10 heteroatoms. The number of halogens is 2. The van der Waals surface area contributed by atoms with Crippen molar-refractivity contribution >= 4 is 16.9 Å². The van der Waals surface area contributed by atoms with Gasteiger partial charge in [-0.3, -0.25) is 9.48 Å². The molecule has 0 radical (unpaired) electrons. The molecule has 4 rings (SSSR count). The number of amides is 1. The Hall–Kier alpha value is -3.56. The van der Waals surface area contributed by atoms with E-state index in [2.05, 4.69) is 20.5 Å². The Morgan fingerprint density at radius 3 is 2.62 bits per heavy atom. The summed E-state index contributed by atoms with van der Waals surface area (Å²) in [5, 5.41) is 11.9. The lowest BCUT2D eigenvalue weighted by molar-refractivity contribution is -0.122. The first-order chi connectivity index (χ1) is 15.3. The van der Waals surface area contributed by atoms with Crippen LogP contribution in [0.4, 0.5) is 8.78 Å². The Morgan fingerprint density at radius 1 is 1.22 bits per heavy atom. The molecule has 32 heavy (non-hydrogen) atoms. The van der Waals surface area contributed by atoms with Gasteiger partial charge >= 0.3 is 0 Å². The number of alkyl halides is 2. The van der Waals surface area contributed by atoms with Crippen LogP contribution in [0.1, 0.15) is 48.8 Å². The monoisotopic (exact) mass is 442 g/mol. The molecule has 0 aliphatic rings.